The number of allylic oxidation sites excluding steroid dienone is 6. The molecule has 0 nitrogen and oxygen atoms in total. The molecule has 1 fully saturated rings. The van der Waals surface area contributed by atoms with Crippen molar-refractivity contribution in [2.75, 3.05) is 0 Å². The highest BCUT2D eigenvalue weighted by Gasteiger charge is 2.63. The van der Waals surface area contributed by atoms with Gasteiger partial charge in [-0.05, 0) is 136 Å². The highest BCUT2D eigenvalue weighted by molar-refractivity contribution is 5.83. The van der Waals surface area contributed by atoms with Gasteiger partial charge < -0.3 is 0 Å². The smallest absolute Gasteiger partial charge is 0.0204 e. The molecule has 0 heterocycles. The lowest BCUT2D eigenvalue weighted by Gasteiger charge is -2.52. The lowest BCUT2D eigenvalue weighted by molar-refractivity contribution is 0.0549. The van der Waals surface area contributed by atoms with Crippen LogP contribution in [0.3, 0.4) is 0 Å². The molecule has 5 aliphatic carbocycles. The molecule has 7 rings (SSSR count). The maximum Gasteiger partial charge on any atom is 0.0204 e. The summed E-state index contributed by atoms with van der Waals surface area (Å²) in [5, 5.41) is 0. The average molecular weight is 601 g/mol. The fourth-order valence-electron chi connectivity index (χ4n) is 11.2. The summed E-state index contributed by atoms with van der Waals surface area (Å²) in [4.78, 5) is 0. The molecule has 0 N–H and O–H groups in total. The molecule has 0 aliphatic heterocycles. The molecule has 2 aromatic rings. The van der Waals surface area contributed by atoms with Crippen molar-refractivity contribution in [3.63, 3.8) is 0 Å². The lowest BCUT2D eigenvalue weighted by atomic mass is 9.50. The number of rotatable bonds is 2. The van der Waals surface area contributed by atoms with Gasteiger partial charge in [-0.3, -0.25) is 0 Å². The van der Waals surface area contributed by atoms with Crippen molar-refractivity contribution in [3.8, 4) is 11.1 Å². The van der Waals surface area contributed by atoms with Gasteiger partial charge >= 0.3 is 0 Å². The van der Waals surface area contributed by atoms with Crippen LogP contribution in [0, 0.1) is 42.4 Å². The average Bonchev–Trinajstić information content (AvgIpc) is 3.60. The summed E-state index contributed by atoms with van der Waals surface area (Å²) in [6, 6.07) is 10.7. The van der Waals surface area contributed by atoms with Crippen LogP contribution in [0.1, 0.15) is 153 Å². The van der Waals surface area contributed by atoms with E-state index >= 15 is 0 Å². The first-order valence-electron chi connectivity index (χ1n) is 18.4. The third-order valence-corrected chi connectivity index (χ3v) is 13.0. The highest BCUT2D eigenvalue weighted by Crippen LogP contribution is 2.73. The largest absolute Gasteiger partial charge is 0.0885 e. The summed E-state index contributed by atoms with van der Waals surface area (Å²) in [6.45, 7) is 26.6. The van der Waals surface area contributed by atoms with Crippen molar-refractivity contribution in [1.82, 2.24) is 0 Å². The van der Waals surface area contributed by atoms with Crippen LogP contribution in [0.15, 0.2) is 59.2 Å². The summed E-state index contributed by atoms with van der Waals surface area (Å²) < 4.78 is 0. The molecule has 240 valence electrons. The van der Waals surface area contributed by atoms with Crippen LogP contribution in [0.5, 0.6) is 0 Å². The molecule has 0 bridgehead atoms. The van der Waals surface area contributed by atoms with Crippen LogP contribution in [0.25, 0.3) is 11.1 Å². The maximum absolute atomic E-state index is 2.80. The van der Waals surface area contributed by atoms with E-state index in [0.29, 0.717) is 11.8 Å². The normalized spacial score (nSPS) is 28.2. The summed E-state index contributed by atoms with van der Waals surface area (Å²) in [6.07, 6.45) is 18.5. The van der Waals surface area contributed by atoms with Crippen molar-refractivity contribution < 1.29 is 0 Å². The first-order valence-corrected chi connectivity index (χ1v) is 18.4. The van der Waals surface area contributed by atoms with Crippen LogP contribution in [-0.2, 0) is 10.8 Å². The Morgan fingerprint density at radius 3 is 1.76 bits per heavy atom. The van der Waals surface area contributed by atoms with E-state index in [2.05, 4.69) is 119 Å². The van der Waals surface area contributed by atoms with E-state index in [-0.39, 0.29) is 21.7 Å². The molecule has 1 saturated carbocycles. The molecule has 45 heavy (non-hydrogen) atoms. The van der Waals surface area contributed by atoms with Gasteiger partial charge in [0.05, 0.1) is 0 Å². The fraction of sp³-hybridized carbons (Fsp3) is 0.600. The minimum atomic E-state index is 0.119. The Bertz CT molecular complexity index is 1560. The highest BCUT2D eigenvalue weighted by atomic mass is 14.7. The van der Waals surface area contributed by atoms with Gasteiger partial charge in [0.15, 0.2) is 0 Å². The monoisotopic (exact) mass is 600 g/mol. The van der Waals surface area contributed by atoms with E-state index in [4.69, 9.17) is 0 Å². The molecule has 0 spiro atoms. The first-order chi connectivity index (χ1) is 21.0. The standard InChI is InChI=1S/C45H60/c1-27-21-35-32(25-38(27)43(6,7)8)33-26-39(44(9,10)11)28(2)22-36(33)41(35)45(29-17-13-12-14-18-29)37-20-16-15-19-31(37)34-23-30(24-40(34)45)42(3,4)5/h12-13,21-22,24-26,29,31,37,41H,14-20,23H2,1-11H3. The number of benzene rings is 2. The van der Waals surface area contributed by atoms with E-state index in [1.807, 2.05) is 11.1 Å². The Balaban J connectivity index is 1.58. The molecular formula is C45H60. The number of aryl methyl sites for hydroxylation is 2. The molecule has 0 saturated heterocycles. The van der Waals surface area contributed by atoms with E-state index < -0.39 is 0 Å². The predicted molar refractivity (Wildman–Crippen MR) is 194 cm³/mol. The zero-order chi connectivity index (χ0) is 32.3. The number of hydrogen-bond donors (Lipinski definition) is 0. The third kappa shape index (κ3) is 4.65. The SMILES string of the molecule is Cc1cc2c(cc1C(C)(C)C)-c1cc(C(C)(C)C)c(C)cc1C2C1(C2CC=CCC2)C2=C(CC(C(C)(C)C)=C2)C2CCCCC21. The van der Waals surface area contributed by atoms with Crippen LogP contribution >= 0.6 is 0 Å². The number of fused-ring (bicyclic) bond motifs is 5. The fourth-order valence-corrected chi connectivity index (χ4v) is 11.2. The molecule has 5 aliphatic rings. The summed E-state index contributed by atoms with van der Waals surface area (Å²) in [5.74, 6) is 2.62. The second-order valence-corrected chi connectivity index (χ2v) is 18.9. The molecular weight excluding hydrogens is 540 g/mol. The van der Waals surface area contributed by atoms with Gasteiger partial charge in [0.25, 0.3) is 0 Å². The Labute approximate surface area is 275 Å². The van der Waals surface area contributed by atoms with Gasteiger partial charge in [0, 0.05) is 11.3 Å². The molecule has 0 radical (unpaired) electrons. The Morgan fingerprint density at radius 1 is 0.667 bits per heavy atom. The van der Waals surface area contributed by atoms with Crippen molar-refractivity contribution in [1.29, 1.82) is 0 Å². The quantitative estimate of drug-likeness (QED) is 0.301. The van der Waals surface area contributed by atoms with Crippen LogP contribution < -0.4 is 0 Å². The Kier molecular flexibility index (Phi) is 7.18. The topological polar surface area (TPSA) is 0 Å². The zero-order valence-corrected chi connectivity index (χ0v) is 30.5. The summed E-state index contributed by atoms with van der Waals surface area (Å²) in [5.41, 5.74) is 18.3. The minimum Gasteiger partial charge on any atom is -0.0885 e. The van der Waals surface area contributed by atoms with Gasteiger partial charge in [-0.25, -0.2) is 0 Å². The summed E-state index contributed by atoms with van der Waals surface area (Å²) >= 11 is 0. The van der Waals surface area contributed by atoms with E-state index in [1.165, 1.54) is 73.6 Å². The van der Waals surface area contributed by atoms with Gasteiger partial charge in [-0.15, -0.1) is 0 Å². The molecule has 0 aromatic heterocycles. The van der Waals surface area contributed by atoms with Crippen LogP contribution in [-0.4, -0.2) is 0 Å². The van der Waals surface area contributed by atoms with Crippen LogP contribution in [0.4, 0.5) is 0 Å². The molecule has 2 aromatic carbocycles. The summed E-state index contributed by atoms with van der Waals surface area (Å²) in [7, 11) is 0. The Hall–Kier alpha value is -2.34. The molecule has 0 amide bonds. The van der Waals surface area contributed by atoms with Gasteiger partial charge in [0.1, 0.15) is 0 Å². The predicted octanol–water partition coefficient (Wildman–Crippen LogP) is 12.8. The van der Waals surface area contributed by atoms with E-state index in [0.717, 1.165) is 11.8 Å². The second kappa shape index (κ2) is 10.3. The van der Waals surface area contributed by atoms with E-state index in [9.17, 15) is 0 Å². The lowest BCUT2D eigenvalue weighted by Crippen LogP contribution is -2.45. The first kappa shape index (κ1) is 31.3. The minimum absolute atomic E-state index is 0.119. The van der Waals surface area contributed by atoms with Gasteiger partial charge in [-0.1, -0.05) is 129 Å². The Morgan fingerprint density at radius 2 is 1.24 bits per heavy atom. The van der Waals surface area contributed by atoms with Gasteiger partial charge in [-0.2, -0.15) is 0 Å². The van der Waals surface area contributed by atoms with Crippen LogP contribution in [0.2, 0.25) is 0 Å². The number of hydrogen-bond acceptors (Lipinski definition) is 0. The maximum atomic E-state index is 2.80. The molecule has 4 unspecified atom stereocenters. The third-order valence-electron chi connectivity index (χ3n) is 13.0. The molecule has 0 heteroatoms. The van der Waals surface area contributed by atoms with Gasteiger partial charge in [0.2, 0.25) is 0 Å². The zero-order valence-electron chi connectivity index (χ0n) is 30.5. The van der Waals surface area contributed by atoms with Crippen molar-refractivity contribution in [2.45, 2.75) is 144 Å². The molecule has 4 atom stereocenters. The van der Waals surface area contributed by atoms with Crippen molar-refractivity contribution >= 4 is 0 Å². The van der Waals surface area contributed by atoms with E-state index in [1.54, 1.807) is 27.8 Å². The second-order valence-electron chi connectivity index (χ2n) is 18.9. The van der Waals surface area contributed by atoms with Crippen molar-refractivity contribution in [3.05, 3.63) is 92.6 Å². The van der Waals surface area contributed by atoms with Crippen molar-refractivity contribution in [2.24, 2.45) is 28.6 Å².